The van der Waals surface area contributed by atoms with Crippen LogP contribution in [0.15, 0.2) is 467 Å². The van der Waals surface area contributed by atoms with E-state index in [9.17, 15) is 0 Å². The van der Waals surface area contributed by atoms with E-state index in [-0.39, 0.29) is 10.8 Å². The molecule has 0 aliphatic heterocycles. The van der Waals surface area contributed by atoms with Gasteiger partial charge in [0.1, 0.15) is 30.2 Å². The maximum atomic E-state index is 9.10. The molecule has 5 heterocycles. The van der Waals surface area contributed by atoms with Crippen LogP contribution in [0.4, 0.5) is 0 Å². The summed E-state index contributed by atoms with van der Waals surface area (Å²) in [6, 6.07) is 153. The molecule has 5 N–H and O–H groups in total. The van der Waals surface area contributed by atoms with Crippen LogP contribution in [0.5, 0.6) is 0 Å². The lowest BCUT2D eigenvalue weighted by Crippen LogP contribution is -2.44. The van der Waals surface area contributed by atoms with E-state index in [1.54, 1.807) is 27.7 Å². The summed E-state index contributed by atoms with van der Waals surface area (Å²) in [5.41, 5.74) is 13.1. The van der Waals surface area contributed by atoms with Crippen molar-refractivity contribution in [3.8, 4) is 102 Å². The number of fused-ring (bicyclic) bond motifs is 15. The summed E-state index contributed by atoms with van der Waals surface area (Å²) in [7, 11) is 6.87. The molecule has 0 saturated heterocycles. The first-order valence-corrected chi connectivity index (χ1v) is 50.4. The molecule has 0 aliphatic carbocycles. The standard InChI is InChI=1S/C45H27N3O.C33H20BrN3.C23H14ClN3.C12H7BO.C10H7BBrO.C6H14O2.H2O/c1-3-11-30-25-33(19-17-28(30)9-1)43-46-44(34-20-18-29-10-2-4-12-31(29)26-34)48-45(47-43)39-23-22-35(36-13-5-6-14-37(36)39)32-21-24-42-40(27-32)38-15-7-8-16-41(38)49-42;34-30-18-17-29(27-11-5-6-12-28(27)30)33-36-31(25-15-13-21-7-1-3-9-23(21)19-25)35-32(37-33)26-16-14-22-8-2-4-10-24(22)20-26;24-23-26-21(19-11-9-15-5-1-3-7-17(15)13-19)25-22(27-23)20-12-10-16-6-2-4-8-18(16)14-20;13-8-5-6-12-10(7-8)9-3-1-2-4-11(9)14-12;12-10-6-5-9(11-13)7-3-1-2-4-8(7)10;1-5(2,7)6(3,4)8;/h1-27H;1-20H;1-14H;1-7H;1-6,13H;7-8H,1-4H3;1H2. The minimum Gasteiger partial charge on any atom is -0.456 e. The molecule has 20 heteroatoms. The molecule has 3 radical (unpaired) electrons. The second-order valence-electron chi connectivity index (χ2n) is 37.2. The van der Waals surface area contributed by atoms with Gasteiger partial charge in [0.25, 0.3) is 0 Å². The smallest absolute Gasteiger partial charge is 0.327 e. The Morgan fingerprint density at radius 2 is 0.483 bits per heavy atom. The zero-order valence-corrected chi connectivity index (χ0v) is 85.1. The first-order chi connectivity index (χ1) is 72.2. The van der Waals surface area contributed by atoms with Crippen molar-refractivity contribution in [3.63, 3.8) is 0 Å². The van der Waals surface area contributed by atoms with Crippen molar-refractivity contribution < 1.29 is 29.5 Å². The summed E-state index contributed by atoms with van der Waals surface area (Å²) in [6.07, 6.45) is 0. The average Bonchev–Trinajstić information content (AvgIpc) is 1.63. The van der Waals surface area contributed by atoms with Crippen molar-refractivity contribution in [2.45, 2.75) is 38.9 Å². The van der Waals surface area contributed by atoms with Crippen LogP contribution in [0.2, 0.25) is 5.28 Å². The second-order valence-corrected chi connectivity index (χ2v) is 39.2. The maximum Gasteiger partial charge on any atom is 0.327 e. The lowest BCUT2D eigenvalue weighted by Gasteiger charge is -2.31. The summed E-state index contributed by atoms with van der Waals surface area (Å²) in [6.45, 7) is 6.31. The van der Waals surface area contributed by atoms with Crippen LogP contribution >= 0.6 is 43.5 Å². The third-order valence-electron chi connectivity index (χ3n) is 26.8. The lowest BCUT2D eigenvalue weighted by atomic mass is 9.84. The Morgan fingerprint density at radius 1 is 0.235 bits per heavy atom. The van der Waals surface area contributed by atoms with Gasteiger partial charge in [0.15, 0.2) is 46.6 Å². The van der Waals surface area contributed by atoms with Crippen LogP contribution in [0.3, 0.4) is 0 Å². The summed E-state index contributed by atoms with van der Waals surface area (Å²) < 4.78 is 13.9. The predicted octanol–water partition coefficient (Wildman–Crippen LogP) is 31.1. The quantitative estimate of drug-likeness (QED) is 0.102. The molecule has 0 amide bonds. The van der Waals surface area contributed by atoms with Gasteiger partial charge in [-0.15, -0.1) is 0 Å². The van der Waals surface area contributed by atoms with Crippen molar-refractivity contribution in [2.24, 2.45) is 0 Å². The minimum absolute atomic E-state index is 0. The number of aromatic nitrogens is 9. The van der Waals surface area contributed by atoms with E-state index in [0.29, 0.717) is 46.6 Å². The van der Waals surface area contributed by atoms with E-state index in [4.69, 9.17) is 73.4 Å². The molecule has 0 atom stereocenters. The first-order valence-electron chi connectivity index (χ1n) is 48.4. The number of hydrogen-bond donors (Lipinski definition) is 3. The highest BCUT2D eigenvalue weighted by Crippen LogP contribution is 2.42. The molecule has 715 valence electrons. The number of nitrogens with zero attached hydrogens (tertiary/aromatic N) is 9. The van der Waals surface area contributed by atoms with Gasteiger partial charge in [-0.1, -0.05) is 395 Å². The van der Waals surface area contributed by atoms with E-state index in [0.717, 1.165) is 191 Å². The van der Waals surface area contributed by atoms with Crippen LogP contribution < -0.4 is 10.9 Å². The van der Waals surface area contributed by atoms with Crippen molar-refractivity contribution in [1.29, 1.82) is 0 Å². The lowest BCUT2D eigenvalue weighted by molar-refractivity contribution is -0.107. The Balaban J connectivity index is 0.000000114. The zero-order chi connectivity index (χ0) is 101. The van der Waals surface area contributed by atoms with E-state index >= 15 is 0 Å². The van der Waals surface area contributed by atoms with Gasteiger partial charge in [-0.2, -0.15) is 9.97 Å². The SMILES string of the molecule is Brc1ccc(-c2nc(-c3ccc4ccccc4c3)nc(-c3ccc4ccccc4c3)n2)c2ccccc12.CC(C)(O)C(C)(C)O.Clc1nc(-c2ccc3ccccc3c2)nc(-c2ccc3ccccc3c2)n1.O.O[B]c1ccc(Br)c2ccccc12.[B]c1ccc2oc3ccccc3c2c1.c1ccc2cc(-c3nc(-c4ccc5ccccc5c4)nc(-c4ccc(-c5ccc6oc7ccccc7c6c5)c5ccccc45)n3)ccc2c1. The van der Waals surface area contributed by atoms with Crippen molar-refractivity contribution in [3.05, 3.63) is 463 Å². The molecule has 0 aliphatic rings. The molecular weight excluding hydrogens is 1990 g/mol. The van der Waals surface area contributed by atoms with E-state index < -0.39 is 11.2 Å². The summed E-state index contributed by atoms with van der Waals surface area (Å²) in [5.74, 6) is 5.05. The molecule has 0 spiro atoms. The Hall–Kier alpha value is -17.0. The summed E-state index contributed by atoms with van der Waals surface area (Å²) >= 11 is 13.4. The number of benzene rings is 22. The fraction of sp³-hybridized carbons (Fsp3) is 0.0465. The van der Waals surface area contributed by atoms with Crippen LogP contribution in [-0.2, 0) is 0 Å². The summed E-state index contributed by atoms with van der Waals surface area (Å²) in [4.78, 5) is 43.8. The largest absolute Gasteiger partial charge is 0.456 e. The van der Waals surface area contributed by atoms with Crippen molar-refractivity contribution in [1.82, 2.24) is 44.9 Å². The molecule has 15 nitrogen and oxygen atoms in total. The predicted molar refractivity (Wildman–Crippen MR) is 623 cm³/mol. The number of aliphatic hydroxyl groups is 2. The Bertz CT molecular complexity index is 9480. The molecule has 27 rings (SSSR count). The molecule has 27 aromatic rings. The highest BCUT2D eigenvalue weighted by Gasteiger charge is 2.32. The van der Waals surface area contributed by atoms with E-state index in [2.05, 4.69) is 356 Å². The van der Waals surface area contributed by atoms with Gasteiger partial charge in [0.2, 0.25) is 5.28 Å². The van der Waals surface area contributed by atoms with E-state index in [1.165, 1.54) is 32.3 Å². The summed E-state index contributed by atoms with van der Waals surface area (Å²) in [5, 5.41) is 52.4. The number of rotatable bonds is 11. The normalized spacial score (nSPS) is 11.4. The van der Waals surface area contributed by atoms with Gasteiger partial charge in [0.05, 0.1) is 11.2 Å². The van der Waals surface area contributed by atoms with Crippen molar-refractivity contribution in [2.75, 3.05) is 0 Å². The highest BCUT2D eigenvalue weighted by molar-refractivity contribution is 9.11. The Morgan fingerprint density at radius 3 is 0.839 bits per heavy atom. The third-order valence-corrected chi connectivity index (χ3v) is 28.4. The fourth-order valence-electron chi connectivity index (χ4n) is 18.3. The van der Waals surface area contributed by atoms with Crippen LogP contribution in [0.1, 0.15) is 27.7 Å². The highest BCUT2D eigenvalue weighted by atomic mass is 79.9. The van der Waals surface area contributed by atoms with E-state index in [1.807, 2.05) is 140 Å². The van der Waals surface area contributed by atoms with Gasteiger partial charge < -0.3 is 29.5 Å². The van der Waals surface area contributed by atoms with Gasteiger partial charge in [-0.25, -0.2) is 34.9 Å². The number of halogens is 3. The molecule has 0 unspecified atom stereocenters. The van der Waals surface area contributed by atoms with Gasteiger partial charge in [-0.05, 0) is 244 Å². The monoisotopic (exact) mass is 2080 g/mol. The van der Waals surface area contributed by atoms with Gasteiger partial charge in [-0.3, -0.25) is 0 Å². The Labute approximate surface area is 882 Å². The molecule has 22 aromatic carbocycles. The number of furan rings is 2. The fourth-order valence-corrected chi connectivity index (χ4v) is 19.4. The molecule has 0 fully saturated rings. The number of hydrogen-bond acceptors (Lipinski definition) is 14. The average molecular weight is 2080 g/mol. The van der Waals surface area contributed by atoms with Crippen LogP contribution in [-0.4, -0.2) is 92.1 Å². The molecule has 5 aromatic heterocycles. The van der Waals surface area contributed by atoms with Crippen molar-refractivity contribution >= 4 is 211 Å². The van der Waals surface area contributed by atoms with Crippen LogP contribution in [0, 0.1) is 0 Å². The zero-order valence-electron chi connectivity index (χ0n) is 81.2. The van der Waals surface area contributed by atoms with Crippen LogP contribution in [0.25, 0.3) is 243 Å². The van der Waals surface area contributed by atoms with Gasteiger partial charge in [0, 0.05) is 75.0 Å². The molecular formula is C129H91B2Br2ClN9O6. The minimum atomic E-state index is -1.01. The number of para-hydroxylation sites is 2. The first kappa shape index (κ1) is 98.1. The third kappa shape index (κ3) is 21.0. The molecule has 0 bridgehead atoms. The second kappa shape index (κ2) is 42.6. The van der Waals surface area contributed by atoms with Gasteiger partial charge >= 0.3 is 7.48 Å². The molecule has 0 saturated carbocycles. The topological polar surface area (TPSA) is 234 Å². The maximum absolute atomic E-state index is 9.10. The molecule has 149 heavy (non-hydrogen) atoms. The Kier molecular flexibility index (Phi) is 28.0.